The number of nitrogens with one attached hydrogen (secondary N) is 1. The second kappa shape index (κ2) is 10.2. The highest BCUT2D eigenvalue weighted by molar-refractivity contribution is 6.33. The summed E-state index contributed by atoms with van der Waals surface area (Å²) in [6.07, 6.45) is 10.5. The molecule has 2 unspecified atom stereocenters. The molecule has 0 saturated carbocycles. The van der Waals surface area contributed by atoms with E-state index in [1.807, 2.05) is 6.92 Å². The van der Waals surface area contributed by atoms with Crippen molar-refractivity contribution in [2.24, 2.45) is 15.0 Å². The Morgan fingerprint density at radius 1 is 0.976 bits per heavy atom. The van der Waals surface area contributed by atoms with Crippen molar-refractivity contribution >= 4 is 47.6 Å². The molecule has 0 amide bonds. The minimum Gasteiger partial charge on any atom is -0.515 e. The molecule has 0 aromatic carbocycles. The Labute approximate surface area is 242 Å². The standard InChI is InChI=1S/C32H30N4O6/c1-6-18-17(4)23-13-28-31(5,41)32(42,9-8-29(39)40)30(36-28)21(15-38)24-10-16(3)22(33-24)11-26-19(7-2)20(14-37)27(35-26)12-25(18)34-23/h6-7,10-15,35,38,41-42H,1-2,8-9H2,3-5H3,(H,39,40)/b21-15+,22-11?,25-12?,28-13?. The van der Waals surface area contributed by atoms with Crippen LogP contribution in [0.3, 0.4) is 0 Å². The summed E-state index contributed by atoms with van der Waals surface area (Å²) >= 11 is 0. The van der Waals surface area contributed by atoms with Crippen molar-refractivity contribution in [1.29, 1.82) is 0 Å². The number of hydrogen-bond acceptors (Lipinski definition) is 8. The summed E-state index contributed by atoms with van der Waals surface area (Å²) in [5.74, 6) is -1.18. The molecule has 1 aromatic heterocycles. The van der Waals surface area contributed by atoms with Gasteiger partial charge in [0.1, 0.15) is 11.2 Å². The van der Waals surface area contributed by atoms with E-state index in [0.717, 1.165) is 12.5 Å². The van der Waals surface area contributed by atoms with Crippen molar-refractivity contribution in [2.75, 3.05) is 0 Å². The van der Waals surface area contributed by atoms with Gasteiger partial charge in [0.25, 0.3) is 0 Å². The molecule has 10 heteroatoms. The van der Waals surface area contributed by atoms with Crippen LogP contribution < -0.4 is 0 Å². The Balaban J connectivity index is 1.86. The maximum atomic E-state index is 12.2. The first-order valence-corrected chi connectivity index (χ1v) is 13.2. The molecule has 8 bridgehead atoms. The van der Waals surface area contributed by atoms with Crippen molar-refractivity contribution in [3.8, 4) is 0 Å². The van der Waals surface area contributed by atoms with Crippen LogP contribution >= 0.6 is 0 Å². The predicted molar refractivity (Wildman–Crippen MR) is 162 cm³/mol. The largest absolute Gasteiger partial charge is 0.515 e. The molecule has 0 fully saturated rings. The lowest BCUT2D eigenvalue weighted by atomic mass is 9.75. The van der Waals surface area contributed by atoms with Gasteiger partial charge in [0.05, 0.1) is 51.8 Å². The molecule has 2 atom stereocenters. The number of allylic oxidation sites excluding steroid dienone is 5. The Bertz CT molecular complexity index is 1770. The number of fused-ring (bicyclic) bond motifs is 5. The first-order valence-electron chi connectivity index (χ1n) is 13.2. The van der Waals surface area contributed by atoms with Crippen LogP contribution in [0.15, 0.2) is 92.0 Å². The number of carbonyl (C=O) groups excluding carboxylic acids is 1. The lowest BCUT2D eigenvalue weighted by Gasteiger charge is -2.36. The third-order valence-corrected chi connectivity index (χ3v) is 8.09. The lowest BCUT2D eigenvalue weighted by Crippen LogP contribution is -2.55. The first kappa shape index (κ1) is 28.6. The third kappa shape index (κ3) is 4.23. The van der Waals surface area contributed by atoms with E-state index < -0.39 is 30.0 Å². The van der Waals surface area contributed by atoms with Crippen LogP contribution in [-0.2, 0) is 4.79 Å². The molecule has 5 heterocycles. The van der Waals surface area contributed by atoms with Gasteiger partial charge in [0, 0.05) is 28.8 Å². The van der Waals surface area contributed by atoms with Crippen LogP contribution in [0.25, 0.3) is 18.2 Å². The molecule has 0 spiro atoms. The normalized spacial score (nSPS) is 25.7. The summed E-state index contributed by atoms with van der Waals surface area (Å²) in [6, 6.07) is 0. The van der Waals surface area contributed by atoms with Gasteiger partial charge in [-0.15, -0.1) is 0 Å². The predicted octanol–water partition coefficient (Wildman–Crippen LogP) is 4.65. The summed E-state index contributed by atoms with van der Waals surface area (Å²) in [7, 11) is 0. The summed E-state index contributed by atoms with van der Waals surface area (Å²) in [5, 5.41) is 43.6. The number of aliphatic hydroxyl groups is 3. The fraction of sp³-hybridized carbons (Fsp3) is 0.219. The molecule has 214 valence electrons. The van der Waals surface area contributed by atoms with Crippen LogP contribution in [0.2, 0.25) is 0 Å². The number of H-pyrrole nitrogens is 1. The molecule has 5 N–H and O–H groups in total. The monoisotopic (exact) mass is 566 g/mol. The second-order valence-corrected chi connectivity index (χ2v) is 10.6. The van der Waals surface area contributed by atoms with Gasteiger partial charge in [0.2, 0.25) is 0 Å². The van der Waals surface area contributed by atoms with E-state index in [4.69, 9.17) is 4.99 Å². The van der Waals surface area contributed by atoms with Gasteiger partial charge >= 0.3 is 5.97 Å². The number of aromatic amines is 1. The van der Waals surface area contributed by atoms with Gasteiger partial charge in [-0.05, 0) is 62.6 Å². The first-order chi connectivity index (χ1) is 19.9. The molecule has 0 radical (unpaired) electrons. The highest BCUT2D eigenvalue weighted by Crippen LogP contribution is 2.45. The number of hydrogen-bond donors (Lipinski definition) is 5. The molecule has 0 saturated heterocycles. The van der Waals surface area contributed by atoms with E-state index >= 15 is 0 Å². The zero-order valence-electron chi connectivity index (χ0n) is 23.4. The fourth-order valence-corrected chi connectivity index (χ4v) is 5.59. The number of aliphatic hydroxyl groups excluding tert-OH is 1. The highest BCUT2D eigenvalue weighted by Gasteiger charge is 2.58. The number of aldehydes is 1. The van der Waals surface area contributed by atoms with E-state index in [9.17, 15) is 30.0 Å². The molecule has 1 aromatic rings. The lowest BCUT2D eigenvalue weighted by molar-refractivity contribution is -0.139. The quantitative estimate of drug-likeness (QED) is 0.248. The molecule has 5 rings (SSSR count). The van der Waals surface area contributed by atoms with Gasteiger partial charge < -0.3 is 25.4 Å². The molecule has 42 heavy (non-hydrogen) atoms. The topological polar surface area (TPSA) is 168 Å². The number of aromatic nitrogens is 1. The number of aliphatic imine (C=N–C) groups is 3. The maximum Gasteiger partial charge on any atom is 0.303 e. The summed E-state index contributed by atoms with van der Waals surface area (Å²) in [5.41, 5.74) is 1.38. The highest BCUT2D eigenvalue weighted by atomic mass is 16.4. The maximum absolute atomic E-state index is 12.2. The van der Waals surface area contributed by atoms with Crippen LogP contribution in [-0.4, -0.2) is 66.0 Å². The van der Waals surface area contributed by atoms with Crippen molar-refractivity contribution < 1.29 is 30.0 Å². The minimum atomic E-state index is -2.20. The second-order valence-electron chi connectivity index (χ2n) is 10.6. The third-order valence-electron chi connectivity index (χ3n) is 8.09. The zero-order valence-corrected chi connectivity index (χ0v) is 23.4. The van der Waals surface area contributed by atoms with Gasteiger partial charge in [0.15, 0.2) is 6.29 Å². The smallest absolute Gasteiger partial charge is 0.303 e. The Morgan fingerprint density at radius 2 is 1.64 bits per heavy atom. The number of rotatable bonds is 6. The SMILES string of the molecule is C=CC1=C(C)C2=NC1=Cc1[nH]c(c(C=C)c1C=O)C=C1N=C(C=C1C)/C(=C\O)C1=NC(=C2)C(C)(O)C1(O)CCC(=O)O. The van der Waals surface area contributed by atoms with Gasteiger partial charge in [-0.2, -0.15) is 0 Å². The van der Waals surface area contributed by atoms with Gasteiger partial charge in [-0.1, -0.05) is 25.3 Å². The summed E-state index contributed by atoms with van der Waals surface area (Å²) in [6.45, 7) is 12.8. The van der Waals surface area contributed by atoms with Gasteiger partial charge in [-0.25, -0.2) is 9.98 Å². The van der Waals surface area contributed by atoms with E-state index in [2.05, 4.69) is 28.1 Å². The van der Waals surface area contributed by atoms with Crippen molar-refractivity contribution in [3.63, 3.8) is 0 Å². The summed E-state index contributed by atoms with van der Waals surface area (Å²) in [4.78, 5) is 41.0. The molecular formula is C32H30N4O6. The average molecular weight is 567 g/mol. The number of carboxylic acid groups (broad SMARTS) is 1. The molecule has 4 aliphatic heterocycles. The number of nitrogens with zero attached hydrogens (tertiary/aromatic N) is 3. The van der Waals surface area contributed by atoms with Crippen molar-refractivity contribution in [3.05, 3.63) is 99.5 Å². The minimum absolute atomic E-state index is 0.0131. The van der Waals surface area contributed by atoms with E-state index in [1.165, 1.54) is 13.0 Å². The van der Waals surface area contributed by atoms with Crippen LogP contribution in [0.5, 0.6) is 0 Å². The molecular weight excluding hydrogens is 536 g/mol. The number of carboxylic acids is 1. The summed E-state index contributed by atoms with van der Waals surface area (Å²) < 4.78 is 0. The fourth-order valence-electron chi connectivity index (χ4n) is 5.59. The van der Waals surface area contributed by atoms with Crippen molar-refractivity contribution in [2.45, 2.75) is 44.8 Å². The zero-order chi connectivity index (χ0) is 30.6. The van der Waals surface area contributed by atoms with Crippen LogP contribution in [0.4, 0.5) is 0 Å². The average Bonchev–Trinajstić information content (AvgIpc) is 3.61. The van der Waals surface area contributed by atoms with Crippen LogP contribution in [0.1, 0.15) is 60.9 Å². The van der Waals surface area contributed by atoms with E-state index in [1.54, 1.807) is 37.3 Å². The van der Waals surface area contributed by atoms with Crippen LogP contribution in [0, 0.1) is 0 Å². The number of aliphatic carboxylic acids is 1. The Morgan fingerprint density at radius 3 is 2.26 bits per heavy atom. The van der Waals surface area contributed by atoms with E-state index in [-0.39, 0.29) is 22.7 Å². The molecule has 4 aliphatic rings. The Hall–Kier alpha value is -4.93. The van der Waals surface area contributed by atoms with Gasteiger partial charge in [-0.3, -0.25) is 14.6 Å². The van der Waals surface area contributed by atoms with E-state index in [0.29, 0.717) is 56.3 Å². The van der Waals surface area contributed by atoms with Crippen molar-refractivity contribution in [1.82, 2.24) is 4.98 Å². The Kier molecular flexibility index (Phi) is 6.92. The number of carbonyl (C=O) groups is 2. The molecule has 10 nitrogen and oxygen atoms in total. The molecule has 0 aliphatic carbocycles.